The fourth-order valence-corrected chi connectivity index (χ4v) is 3.40. The smallest absolute Gasteiger partial charge is 0.247 e. The number of hydrogen-bond acceptors (Lipinski definition) is 6. The maximum atomic E-state index is 6.04. The summed E-state index contributed by atoms with van der Waals surface area (Å²) >= 11 is 1.56. The Morgan fingerprint density at radius 1 is 1.04 bits per heavy atom. The molecule has 3 aromatic rings. The summed E-state index contributed by atoms with van der Waals surface area (Å²) in [5.41, 5.74) is 3.87. The van der Waals surface area contributed by atoms with E-state index >= 15 is 0 Å². The lowest BCUT2D eigenvalue weighted by molar-refractivity contribution is 0.216. The van der Waals surface area contributed by atoms with Crippen LogP contribution in [0.15, 0.2) is 59.8 Å². The first-order valence-corrected chi connectivity index (χ1v) is 9.26. The molecular formula is C19H18N4OS. The molecule has 0 radical (unpaired) electrons. The van der Waals surface area contributed by atoms with Crippen LogP contribution in [0.3, 0.4) is 0 Å². The Morgan fingerprint density at radius 2 is 1.84 bits per heavy atom. The lowest BCUT2D eigenvalue weighted by atomic mass is 10.1. The van der Waals surface area contributed by atoms with Crippen molar-refractivity contribution in [3.05, 3.63) is 60.2 Å². The molecule has 126 valence electrons. The molecule has 1 aliphatic rings. The van der Waals surface area contributed by atoms with E-state index < -0.39 is 0 Å². The van der Waals surface area contributed by atoms with E-state index in [-0.39, 0.29) is 6.23 Å². The number of rotatable bonds is 4. The summed E-state index contributed by atoms with van der Waals surface area (Å²) in [7, 11) is 0. The van der Waals surface area contributed by atoms with Gasteiger partial charge in [0.2, 0.25) is 11.0 Å². The zero-order chi connectivity index (χ0) is 17.1. The molecule has 0 saturated heterocycles. The summed E-state index contributed by atoms with van der Waals surface area (Å²) in [6.07, 6.45) is 0.690. The molecule has 2 aromatic carbocycles. The number of nitrogens with zero attached hydrogens (tertiary/aromatic N) is 3. The first-order chi connectivity index (χ1) is 12.3. The van der Waals surface area contributed by atoms with Gasteiger partial charge in [-0.1, -0.05) is 67.2 Å². The molecule has 0 saturated carbocycles. The minimum Gasteiger partial charge on any atom is -0.452 e. The van der Waals surface area contributed by atoms with Crippen LogP contribution >= 0.6 is 11.8 Å². The fraction of sp³-hybridized carbons (Fsp3) is 0.211. The zero-order valence-corrected chi connectivity index (χ0v) is 14.7. The first-order valence-electron chi connectivity index (χ1n) is 8.27. The highest BCUT2D eigenvalue weighted by Gasteiger charge is 2.23. The van der Waals surface area contributed by atoms with Crippen LogP contribution in [0.1, 0.15) is 18.9 Å². The molecule has 0 amide bonds. The normalized spacial score (nSPS) is 15.3. The van der Waals surface area contributed by atoms with Crippen molar-refractivity contribution < 1.29 is 4.74 Å². The van der Waals surface area contributed by atoms with Crippen LogP contribution in [0.4, 0.5) is 5.69 Å². The number of fused-ring (bicyclic) bond motifs is 3. The van der Waals surface area contributed by atoms with Crippen LogP contribution in [0.5, 0.6) is 5.88 Å². The predicted molar refractivity (Wildman–Crippen MR) is 99.6 cm³/mol. The van der Waals surface area contributed by atoms with Gasteiger partial charge in [-0.25, -0.2) is 0 Å². The molecule has 2 heterocycles. The molecule has 4 rings (SSSR count). The Labute approximate surface area is 150 Å². The summed E-state index contributed by atoms with van der Waals surface area (Å²) in [6.45, 7) is 2.07. The minimum absolute atomic E-state index is 0.133. The second-order valence-corrected chi connectivity index (χ2v) is 6.67. The quantitative estimate of drug-likeness (QED) is 0.705. The van der Waals surface area contributed by atoms with Crippen molar-refractivity contribution in [1.82, 2.24) is 15.2 Å². The molecule has 0 spiro atoms. The molecule has 1 aromatic heterocycles. The Morgan fingerprint density at radius 3 is 2.68 bits per heavy atom. The molecule has 25 heavy (non-hydrogen) atoms. The van der Waals surface area contributed by atoms with E-state index in [1.54, 1.807) is 11.8 Å². The van der Waals surface area contributed by atoms with Gasteiger partial charge in [0.25, 0.3) is 0 Å². The summed E-state index contributed by atoms with van der Waals surface area (Å²) in [5, 5.41) is 12.7. The molecular weight excluding hydrogens is 332 g/mol. The molecule has 0 aliphatic carbocycles. The van der Waals surface area contributed by atoms with Crippen molar-refractivity contribution in [1.29, 1.82) is 0 Å². The highest BCUT2D eigenvalue weighted by atomic mass is 32.2. The van der Waals surface area contributed by atoms with Gasteiger partial charge in [0.15, 0.2) is 11.9 Å². The number of ether oxygens (including phenoxy) is 1. The second-order valence-electron chi connectivity index (χ2n) is 5.73. The monoisotopic (exact) mass is 350 g/mol. The Kier molecular flexibility index (Phi) is 4.52. The number of para-hydroxylation sites is 1. The van der Waals surface area contributed by atoms with Crippen molar-refractivity contribution in [2.45, 2.75) is 30.5 Å². The van der Waals surface area contributed by atoms with Crippen LogP contribution in [-0.2, 0) is 5.75 Å². The largest absolute Gasteiger partial charge is 0.452 e. The molecule has 1 unspecified atom stereocenters. The van der Waals surface area contributed by atoms with E-state index in [0.717, 1.165) is 23.4 Å². The molecule has 1 N–H and O–H groups in total. The summed E-state index contributed by atoms with van der Waals surface area (Å²) in [6, 6.07) is 18.3. The standard InChI is InChI=1S/C19H18N4OS/c1-2-16-20-15-11-7-6-10-14(15)17-18(24-16)21-19(23-22-17)25-12-13-8-4-3-5-9-13/h3-11,16,20H,2,12H2,1H3. The summed E-state index contributed by atoms with van der Waals surface area (Å²) in [4.78, 5) is 4.61. The van der Waals surface area contributed by atoms with Crippen LogP contribution in [0, 0.1) is 0 Å². The third-order valence-electron chi connectivity index (χ3n) is 3.97. The highest BCUT2D eigenvalue weighted by Crippen LogP contribution is 2.36. The Hall–Kier alpha value is -2.60. The SMILES string of the molecule is CCC1Nc2ccccc2-c2nnc(SCc3ccccc3)nc2O1. The summed E-state index contributed by atoms with van der Waals surface area (Å²) < 4.78 is 6.04. The van der Waals surface area contributed by atoms with Crippen LogP contribution < -0.4 is 10.1 Å². The first kappa shape index (κ1) is 15.9. The van der Waals surface area contributed by atoms with Gasteiger partial charge in [-0.15, -0.1) is 10.2 Å². The Bertz CT molecular complexity index is 872. The van der Waals surface area contributed by atoms with Gasteiger partial charge in [-0.2, -0.15) is 4.98 Å². The molecule has 6 heteroatoms. The average molecular weight is 350 g/mol. The van der Waals surface area contributed by atoms with Gasteiger partial charge < -0.3 is 10.1 Å². The van der Waals surface area contributed by atoms with Gasteiger partial charge in [0.1, 0.15) is 0 Å². The van der Waals surface area contributed by atoms with E-state index in [2.05, 4.69) is 39.6 Å². The lowest BCUT2D eigenvalue weighted by Crippen LogP contribution is -2.24. The van der Waals surface area contributed by atoms with Gasteiger partial charge >= 0.3 is 0 Å². The highest BCUT2D eigenvalue weighted by molar-refractivity contribution is 7.98. The predicted octanol–water partition coefficient (Wildman–Crippen LogP) is 4.37. The Balaban J connectivity index is 1.64. The topological polar surface area (TPSA) is 59.9 Å². The number of nitrogens with one attached hydrogen (secondary N) is 1. The second kappa shape index (κ2) is 7.11. The number of anilines is 1. The van der Waals surface area contributed by atoms with Gasteiger partial charge in [0, 0.05) is 23.4 Å². The van der Waals surface area contributed by atoms with E-state index in [1.165, 1.54) is 5.56 Å². The van der Waals surface area contributed by atoms with Gasteiger partial charge in [-0.3, -0.25) is 0 Å². The maximum absolute atomic E-state index is 6.04. The van der Waals surface area contributed by atoms with Crippen molar-refractivity contribution in [2.75, 3.05) is 5.32 Å². The third kappa shape index (κ3) is 3.44. The average Bonchev–Trinajstić information content (AvgIpc) is 2.83. The number of benzene rings is 2. The van der Waals surface area contributed by atoms with Crippen LogP contribution in [-0.4, -0.2) is 21.4 Å². The molecule has 5 nitrogen and oxygen atoms in total. The molecule has 1 aliphatic heterocycles. The van der Waals surface area contributed by atoms with Crippen molar-refractivity contribution in [2.24, 2.45) is 0 Å². The third-order valence-corrected chi connectivity index (χ3v) is 4.88. The minimum atomic E-state index is -0.133. The van der Waals surface area contributed by atoms with Crippen LogP contribution in [0.2, 0.25) is 0 Å². The summed E-state index contributed by atoms with van der Waals surface area (Å²) in [5.74, 6) is 1.34. The van der Waals surface area contributed by atoms with E-state index in [4.69, 9.17) is 4.74 Å². The van der Waals surface area contributed by atoms with E-state index in [1.807, 2.05) is 42.5 Å². The molecule has 0 fully saturated rings. The maximum Gasteiger partial charge on any atom is 0.247 e. The van der Waals surface area contributed by atoms with E-state index in [0.29, 0.717) is 16.7 Å². The number of aromatic nitrogens is 3. The molecule has 1 atom stereocenters. The zero-order valence-electron chi connectivity index (χ0n) is 13.8. The molecule has 0 bridgehead atoms. The number of hydrogen-bond donors (Lipinski definition) is 1. The van der Waals surface area contributed by atoms with Crippen molar-refractivity contribution >= 4 is 17.4 Å². The van der Waals surface area contributed by atoms with Crippen LogP contribution in [0.25, 0.3) is 11.3 Å². The van der Waals surface area contributed by atoms with E-state index in [9.17, 15) is 0 Å². The van der Waals surface area contributed by atoms with Gasteiger partial charge in [0.05, 0.1) is 0 Å². The van der Waals surface area contributed by atoms with Crippen molar-refractivity contribution in [3.8, 4) is 17.1 Å². The lowest BCUT2D eigenvalue weighted by Gasteiger charge is -2.16. The fourth-order valence-electron chi connectivity index (χ4n) is 2.67. The van der Waals surface area contributed by atoms with Crippen molar-refractivity contribution in [3.63, 3.8) is 0 Å². The van der Waals surface area contributed by atoms with Gasteiger partial charge in [-0.05, 0) is 11.6 Å². The number of thioether (sulfide) groups is 1.